The van der Waals surface area contributed by atoms with Crippen LogP contribution >= 0.6 is 38.9 Å². The molecule has 1 aliphatic rings. The van der Waals surface area contributed by atoms with Crippen LogP contribution in [0.3, 0.4) is 0 Å². The molecule has 0 radical (unpaired) electrons. The first-order valence-corrected chi connectivity index (χ1v) is 9.35. The molecule has 0 unspecified atom stereocenters. The van der Waals surface area contributed by atoms with Crippen LogP contribution in [0.15, 0.2) is 46.9 Å². The van der Waals surface area contributed by atoms with Gasteiger partial charge < -0.3 is 9.64 Å². The number of anilines is 1. The van der Waals surface area contributed by atoms with Gasteiger partial charge in [0.2, 0.25) is 0 Å². The lowest BCUT2D eigenvalue weighted by atomic mass is 10.2. The molecule has 1 aromatic heterocycles. The van der Waals surface area contributed by atoms with Gasteiger partial charge in [-0.05, 0) is 30.3 Å². The van der Waals surface area contributed by atoms with Crippen LogP contribution in [0, 0.1) is 0 Å². The van der Waals surface area contributed by atoms with Crippen molar-refractivity contribution in [3.63, 3.8) is 0 Å². The van der Waals surface area contributed by atoms with E-state index in [-0.39, 0.29) is 6.10 Å². The second kappa shape index (κ2) is 6.35. The molecule has 0 spiro atoms. The summed E-state index contributed by atoms with van der Waals surface area (Å²) in [6.45, 7) is 1.30. The molecule has 3 aromatic rings. The highest BCUT2D eigenvalue weighted by Gasteiger charge is 2.32. The van der Waals surface area contributed by atoms with Crippen LogP contribution in [0.25, 0.3) is 10.2 Å². The minimum absolute atomic E-state index is 0.139. The monoisotopic (exact) mass is 422 g/mol. The van der Waals surface area contributed by atoms with Crippen molar-refractivity contribution in [1.82, 2.24) is 4.98 Å². The smallest absolute Gasteiger partial charge is 0.340 e. The standard InChI is InChI=1S/C17H12BrClN2O2S/c18-10-5-6-13(19)12(7-10)16(22)23-11-8-21(9-11)17-20-14-3-1-2-4-15(14)24-17/h1-7,11H,8-9H2. The van der Waals surface area contributed by atoms with E-state index in [1.54, 1.807) is 29.5 Å². The molecule has 7 heteroatoms. The van der Waals surface area contributed by atoms with E-state index in [2.05, 4.69) is 31.9 Å². The van der Waals surface area contributed by atoms with Gasteiger partial charge in [-0.2, -0.15) is 0 Å². The van der Waals surface area contributed by atoms with E-state index in [4.69, 9.17) is 16.3 Å². The fraction of sp³-hybridized carbons (Fsp3) is 0.176. The number of benzene rings is 2. The van der Waals surface area contributed by atoms with Crippen molar-refractivity contribution >= 4 is 60.2 Å². The lowest BCUT2D eigenvalue weighted by molar-refractivity contribution is 0.0234. The Labute approximate surface area is 156 Å². The van der Waals surface area contributed by atoms with Crippen molar-refractivity contribution in [1.29, 1.82) is 0 Å². The molecular formula is C17H12BrClN2O2S. The van der Waals surface area contributed by atoms with Crippen LogP contribution < -0.4 is 4.90 Å². The number of nitrogens with zero attached hydrogens (tertiary/aromatic N) is 2. The Bertz CT molecular complexity index is 891. The molecule has 0 N–H and O–H groups in total. The van der Waals surface area contributed by atoms with E-state index in [1.165, 1.54) is 0 Å². The first kappa shape index (κ1) is 15.9. The zero-order valence-corrected chi connectivity index (χ0v) is 15.6. The summed E-state index contributed by atoms with van der Waals surface area (Å²) in [6.07, 6.45) is -0.139. The number of hydrogen-bond acceptors (Lipinski definition) is 5. The summed E-state index contributed by atoms with van der Waals surface area (Å²) in [5.74, 6) is -0.393. The largest absolute Gasteiger partial charge is 0.455 e. The average Bonchev–Trinajstić information content (AvgIpc) is 2.95. The van der Waals surface area contributed by atoms with Crippen LogP contribution in [0.5, 0.6) is 0 Å². The number of aromatic nitrogens is 1. The zero-order chi connectivity index (χ0) is 16.7. The van der Waals surface area contributed by atoms with Gasteiger partial charge in [0.25, 0.3) is 0 Å². The number of carbonyl (C=O) groups is 1. The molecule has 0 bridgehead atoms. The molecule has 24 heavy (non-hydrogen) atoms. The molecule has 1 saturated heterocycles. The third kappa shape index (κ3) is 3.01. The van der Waals surface area contributed by atoms with Crippen molar-refractivity contribution in [3.8, 4) is 0 Å². The topological polar surface area (TPSA) is 42.4 Å². The Balaban J connectivity index is 1.40. The van der Waals surface area contributed by atoms with Crippen LogP contribution in [0.4, 0.5) is 5.13 Å². The van der Waals surface area contributed by atoms with E-state index in [1.807, 2.05) is 18.2 Å². The normalized spacial score (nSPS) is 14.7. The SMILES string of the molecule is O=C(OC1CN(c2nc3ccccc3s2)C1)c1cc(Br)ccc1Cl. The molecule has 4 nitrogen and oxygen atoms in total. The maximum atomic E-state index is 12.2. The van der Waals surface area contributed by atoms with Gasteiger partial charge in [0.05, 0.1) is 33.9 Å². The number of rotatable bonds is 3. The Hall–Kier alpha value is -1.63. The molecule has 0 amide bonds. The van der Waals surface area contributed by atoms with Crippen molar-refractivity contribution in [2.24, 2.45) is 0 Å². The van der Waals surface area contributed by atoms with Gasteiger partial charge in [0.1, 0.15) is 6.10 Å². The van der Waals surface area contributed by atoms with E-state index < -0.39 is 5.97 Å². The summed E-state index contributed by atoms with van der Waals surface area (Å²) < 4.78 is 7.48. The maximum absolute atomic E-state index is 12.2. The molecule has 1 fully saturated rings. The fourth-order valence-corrected chi connectivity index (χ4v) is 4.07. The molecule has 0 aliphatic carbocycles. The second-order valence-corrected chi connectivity index (χ2v) is 7.85. The van der Waals surface area contributed by atoms with Crippen molar-refractivity contribution < 1.29 is 9.53 Å². The van der Waals surface area contributed by atoms with E-state index in [0.717, 1.165) is 19.8 Å². The van der Waals surface area contributed by atoms with Crippen molar-refractivity contribution in [3.05, 3.63) is 57.5 Å². The van der Waals surface area contributed by atoms with Crippen LogP contribution in [0.1, 0.15) is 10.4 Å². The molecular weight excluding hydrogens is 412 g/mol. The van der Waals surface area contributed by atoms with Crippen LogP contribution in [-0.2, 0) is 4.74 Å². The third-order valence-electron chi connectivity index (χ3n) is 3.82. The second-order valence-electron chi connectivity index (χ2n) is 5.52. The average molecular weight is 424 g/mol. The molecule has 2 aromatic carbocycles. The van der Waals surface area contributed by atoms with Gasteiger partial charge in [-0.15, -0.1) is 0 Å². The van der Waals surface area contributed by atoms with E-state index >= 15 is 0 Å². The number of esters is 1. The molecule has 0 saturated carbocycles. The predicted octanol–water partition coefficient (Wildman–Crippen LogP) is 4.76. The highest BCUT2D eigenvalue weighted by atomic mass is 79.9. The molecule has 122 valence electrons. The zero-order valence-electron chi connectivity index (χ0n) is 12.4. The molecule has 2 heterocycles. The fourth-order valence-electron chi connectivity index (χ4n) is 2.53. The summed E-state index contributed by atoms with van der Waals surface area (Å²) >= 11 is 11.1. The van der Waals surface area contributed by atoms with Crippen LogP contribution in [-0.4, -0.2) is 30.1 Å². The summed E-state index contributed by atoms with van der Waals surface area (Å²) in [4.78, 5) is 19.0. The lowest BCUT2D eigenvalue weighted by Crippen LogP contribution is -2.53. The highest BCUT2D eigenvalue weighted by Crippen LogP contribution is 2.32. The minimum atomic E-state index is -0.393. The number of ether oxygens (including phenoxy) is 1. The first-order chi connectivity index (χ1) is 11.6. The van der Waals surface area contributed by atoms with Gasteiger partial charge in [0, 0.05) is 4.47 Å². The van der Waals surface area contributed by atoms with Gasteiger partial charge >= 0.3 is 5.97 Å². The number of thiazole rings is 1. The Kier molecular flexibility index (Phi) is 4.20. The third-order valence-corrected chi connectivity index (χ3v) is 5.74. The number of fused-ring (bicyclic) bond motifs is 1. The van der Waals surface area contributed by atoms with Gasteiger partial charge in [-0.25, -0.2) is 9.78 Å². The highest BCUT2D eigenvalue weighted by molar-refractivity contribution is 9.10. The number of carbonyl (C=O) groups excluding carboxylic acids is 1. The number of halogens is 2. The van der Waals surface area contributed by atoms with E-state index in [9.17, 15) is 4.79 Å². The molecule has 4 rings (SSSR count). The number of para-hydroxylation sites is 1. The minimum Gasteiger partial charge on any atom is -0.455 e. The summed E-state index contributed by atoms with van der Waals surface area (Å²) in [5.41, 5.74) is 1.38. The number of hydrogen-bond donors (Lipinski definition) is 0. The van der Waals surface area contributed by atoms with Gasteiger partial charge in [-0.3, -0.25) is 0 Å². The van der Waals surface area contributed by atoms with Crippen molar-refractivity contribution in [2.45, 2.75) is 6.10 Å². The van der Waals surface area contributed by atoms with Crippen LogP contribution in [0.2, 0.25) is 5.02 Å². The Morgan fingerprint density at radius 3 is 2.88 bits per heavy atom. The van der Waals surface area contributed by atoms with E-state index in [0.29, 0.717) is 23.7 Å². The Morgan fingerprint density at radius 1 is 1.29 bits per heavy atom. The van der Waals surface area contributed by atoms with Gasteiger partial charge in [-0.1, -0.05) is 51.0 Å². The lowest BCUT2D eigenvalue weighted by Gasteiger charge is -2.38. The molecule has 0 atom stereocenters. The maximum Gasteiger partial charge on any atom is 0.340 e. The molecule has 1 aliphatic heterocycles. The van der Waals surface area contributed by atoms with Gasteiger partial charge in [0.15, 0.2) is 5.13 Å². The predicted molar refractivity (Wildman–Crippen MR) is 100 cm³/mol. The van der Waals surface area contributed by atoms with Crippen molar-refractivity contribution in [2.75, 3.05) is 18.0 Å². The summed E-state index contributed by atoms with van der Waals surface area (Å²) in [7, 11) is 0. The Morgan fingerprint density at radius 2 is 2.08 bits per heavy atom. The summed E-state index contributed by atoms with van der Waals surface area (Å²) in [5, 5.41) is 1.36. The quantitative estimate of drug-likeness (QED) is 0.570. The summed E-state index contributed by atoms with van der Waals surface area (Å²) in [6, 6.07) is 13.2. The first-order valence-electron chi connectivity index (χ1n) is 7.37.